The maximum atomic E-state index is 6.59. The quantitative estimate of drug-likeness (QED) is 0.129. The van der Waals surface area contributed by atoms with E-state index in [4.69, 9.17) is 9.97 Å². The van der Waals surface area contributed by atoms with Crippen LogP contribution >= 0.6 is 0 Å². The fourth-order valence-corrected chi connectivity index (χ4v) is 14.9. The van der Waals surface area contributed by atoms with Crippen LogP contribution in [0.4, 0.5) is 34.1 Å². The lowest BCUT2D eigenvalue weighted by atomic mass is 10.0. The number of rotatable bonds is 11. The van der Waals surface area contributed by atoms with E-state index in [1.54, 1.807) is 0 Å². The number of hydrogen-bond donors (Lipinski definition) is 0. The molecule has 6 aromatic heterocycles. The average molecular weight is 1210 g/mol. The monoisotopic (exact) mass is 1210 g/mol. The zero-order chi connectivity index (χ0) is 62.7. The minimum Gasteiger partial charge on any atom is -0.310 e. The van der Waals surface area contributed by atoms with Crippen LogP contribution in [0.15, 0.2) is 304 Å². The predicted octanol–water partition coefficient (Wildman–Crippen LogP) is 22.7. The standard InChI is InChI=1S/C86H62N8/c1-55-35-41-76-68(48-55)69-49-56(2)36-42-77(69)92(76)84-82(59-22-21-47-87-54-59)83(91-74-33-19-17-31-66(74)72-52-64(39-45-78(72)91)89(60-23-9-5-10-24-60)61-25-11-6-12-26-61)86(94-79-43-37-57(3)50-70(79)71-51-58(4)38-44-80(71)94)88-85(84)93-75-34-20-18-32-67(75)73-53-65(40-46-81(73)93)90(62-27-13-7-14-28-62)63-29-15-8-16-30-63/h5-54H,1-4H3. The van der Waals surface area contributed by atoms with Gasteiger partial charge in [-0.25, -0.2) is 4.98 Å². The number of aryl methyl sites for hydroxylation is 4. The molecule has 18 aromatic rings. The largest absolute Gasteiger partial charge is 0.310 e. The molecular formula is C86H62N8. The summed E-state index contributed by atoms with van der Waals surface area (Å²) in [6.07, 6.45) is 3.95. The Bertz CT molecular complexity index is 5820. The van der Waals surface area contributed by atoms with E-state index >= 15 is 0 Å². The minimum atomic E-state index is 0.762. The average Bonchev–Trinajstić information content (AvgIpc) is 1.47. The lowest BCUT2D eigenvalue weighted by Gasteiger charge is -2.27. The Balaban J connectivity index is 1.06. The molecule has 12 aromatic carbocycles. The van der Waals surface area contributed by atoms with Crippen LogP contribution in [0, 0.1) is 27.7 Å². The molecule has 6 heterocycles. The second-order valence-corrected chi connectivity index (χ2v) is 24.9. The predicted molar refractivity (Wildman–Crippen MR) is 393 cm³/mol. The third-order valence-corrected chi connectivity index (χ3v) is 19.0. The molecule has 0 aliphatic rings. The van der Waals surface area contributed by atoms with Crippen LogP contribution in [-0.4, -0.2) is 28.2 Å². The maximum absolute atomic E-state index is 6.59. The van der Waals surface area contributed by atoms with Gasteiger partial charge >= 0.3 is 0 Å². The van der Waals surface area contributed by atoms with Gasteiger partial charge in [0.15, 0.2) is 11.6 Å². The topological polar surface area (TPSA) is 52.0 Å². The van der Waals surface area contributed by atoms with Gasteiger partial charge in [0.1, 0.15) is 11.4 Å². The molecular weight excluding hydrogens is 1150 g/mol. The van der Waals surface area contributed by atoms with Gasteiger partial charge in [0.2, 0.25) is 0 Å². The molecule has 18 rings (SSSR count). The van der Waals surface area contributed by atoms with Gasteiger partial charge in [-0.1, -0.05) is 162 Å². The zero-order valence-electron chi connectivity index (χ0n) is 52.4. The number of nitrogens with zero attached hydrogens (tertiary/aromatic N) is 8. The highest BCUT2D eigenvalue weighted by molar-refractivity contribution is 6.17. The van der Waals surface area contributed by atoms with E-state index in [2.05, 4.69) is 353 Å². The molecule has 0 fully saturated rings. The second kappa shape index (κ2) is 21.7. The van der Waals surface area contributed by atoms with E-state index in [0.717, 1.165) is 145 Å². The zero-order valence-corrected chi connectivity index (χ0v) is 52.4. The van der Waals surface area contributed by atoms with Crippen molar-refractivity contribution in [2.24, 2.45) is 0 Å². The van der Waals surface area contributed by atoms with Gasteiger partial charge < -0.3 is 18.9 Å². The number of aromatic nitrogens is 6. The van der Waals surface area contributed by atoms with Crippen molar-refractivity contribution in [2.75, 3.05) is 9.80 Å². The normalized spacial score (nSPS) is 11.8. The summed E-state index contributed by atoms with van der Waals surface area (Å²) in [5, 5.41) is 9.08. The van der Waals surface area contributed by atoms with Crippen molar-refractivity contribution >= 4 is 121 Å². The number of fused-ring (bicyclic) bond motifs is 12. The Hall–Kier alpha value is -12.3. The van der Waals surface area contributed by atoms with Gasteiger partial charge in [-0.05, 0) is 179 Å². The smallest absolute Gasteiger partial charge is 0.165 e. The summed E-state index contributed by atoms with van der Waals surface area (Å²) in [5.41, 5.74) is 23.2. The van der Waals surface area contributed by atoms with Crippen molar-refractivity contribution in [1.82, 2.24) is 28.2 Å². The van der Waals surface area contributed by atoms with Crippen molar-refractivity contribution in [2.45, 2.75) is 27.7 Å². The number of benzene rings is 12. The first-order valence-electron chi connectivity index (χ1n) is 32.2. The molecule has 0 amide bonds. The minimum absolute atomic E-state index is 0.762. The van der Waals surface area contributed by atoms with Crippen molar-refractivity contribution in [3.8, 4) is 34.1 Å². The van der Waals surface area contributed by atoms with E-state index < -0.39 is 0 Å². The van der Waals surface area contributed by atoms with Crippen LogP contribution in [0.2, 0.25) is 0 Å². The SMILES string of the molecule is Cc1ccc2c(c1)c1cc(C)ccc1n2-c1nc(-n2c3ccccc3c3cc(N(c4ccccc4)c4ccccc4)ccc32)c(-n2c3ccc(C)cc3c3cc(C)ccc32)c(-c2cccnc2)c1-n1c2ccccc2c2cc(N(c3ccccc3)c3ccccc3)ccc21. The van der Waals surface area contributed by atoms with Crippen LogP contribution in [0.3, 0.4) is 0 Å². The molecule has 0 saturated heterocycles. The highest BCUT2D eigenvalue weighted by Gasteiger charge is 2.33. The summed E-state index contributed by atoms with van der Waals surface area (Å²) in [5.74, 6) is 1.53. The molecule has 0 spiro atoms. The maximum Gasteiger partial charge on any atom is 0.165 e. The van der Waals surface area contributed by atoms with Gasteiger partial charge in [0.25, 0.3) is 0 Å². The van der Waals surface area contributed by atoms with E-state index in [1.165, 1.54) is 33.0 Å². The van der Waals surface area contributed by atoms with Crippen molar-refractivity contribution in [3.63, 3.8) is 0 Å². The molecule has 0 aliphatic carbocycles. The van der Waals surface area contributed by atoms with Gasteiger partial charge in [-0.15, -0.1) is 0 Å². The Morgan fingerprint density at radius 2 is 0.564 bits per heavy atom. The third kappa shape index (κ3) is 8.60. The molecule has 446 valence electrons. The fraction of sp³-hybridized carbons (Fsp3) is 0.0465. The Labute approximate surface area is 543 Å². The lowest BCUT2D eigenvalue weighted by molar-refractivity contribution is 0.960. The Morgan fingerprint density at radius 1 is 0.255 bits per heavy atom. The molecule has 0 bridgehead atoms. The highest BCUT2D eigenvalue weighted by Crippen LogP contribution is 2.51. The Kier molecular flexibility index (Phi) is 12.6. The van der Waals surface area contributed by atoms with Gasteiger partial charge in [0.05, 0.1) is 44.1 Å². The fourth-order valence-electron chi connectivity index (χ4n) is 14.9. The van der Waals surface area contributed by atoms with E-state index in [0.29, 0.717) is 0 Å². The summed E-state index contributed by atoms with van der Waals surface area (Å²) >= 11 is 0. The number of hydrogen-bond acceptors (Lipinski definition) is 4. The first-order chi connectivity index (χ1) is 46.3. The third-order valence-electron chi connectivity index (χ3n) is 19.0. The highest BCUT2D eigenvalue weighted by atomic mass is 15.2. The van der Waals surface area contributed by atoms with Crippen LogP contribution in [0.1, 0.15) is 22.3 Å². The van der Waals surface area contributed by atoms with Crippen LogP contribution in [0.25, 0.3) is 121 Å². The van der Waals surface area contributed by atoms with Crippen LogP contribution in [-0.2, 0) is 0 Å². The molecule has 8 nitrogen and oxygen atoms in total. The van der Waals surface area contributed by atoms with Crippen LogP contribution in [0.5, 0.6) is 0 Å². The van der Waals surface area contributed by atoms with Gasteiger partial charge in [-0.2, -0.15) is 0 Å². The molecule has 0 saturated carbocycles. The van der Waals surface area contributed by atoms with Gasteiger partial charge in [-0.3, -0.25) is 14.1 Å². The molecule has 94 heavy (non-hydrogen) atoms. The first-order valence-corrected chi connectivity index (χ1v) is 32.2. The summed E-state index contributed by atoms with van der Waals surface area (Å²) in [4.78, 5) is 16.4. The molecule has 0 radical (unpaired) electrons. The summed E-state index contributed by atoms with van der Waals surface area (Å²) in [6.45, 7) is 8.78. The lowest BCUT2D eigenvalue weighted by Crippen LogP contribution is -2.16. The summed E-state index contributed by atoms with van der Waals surface area (Å²) in [7, 11) is 0. The molecule has 0 aliphatic heterocycles. The number of para-hydroxylation sites is 6. The molecule has 8 heteroatoms. The van der Waals surface area contributed by atoms with E-state index in [-0.39, 0.29) is 0 Å². The van der Waals surface area contributed by atoms with E-state index in [9.17, 15) is 0 Å². The van der Waals surface area contributed by atoms with Crippen molar-refractivity contribution < 1.29 is 0 Å². The van der Waals surface area contributed by atoms with Crippen molar-refractivity contribution in [1.29, 1.82) is 0 Å². The second-order valence-electron chi connectivity index (χ2n) is 24.9. The molecule has 0 unspecified atom stereocenters. The van der Waals surface area contributed by atoms with E-state index in [1.807, 2.05) is 6.20 Å². The molecule has 0 N–H and O–H groups in total. The van der Waals surface area contributed by atoms with Crippen LogP contribution < -0.4 is 9.80 Å². The first kappa shape index (κ1) is 54.7. The molecule has 0 atom stereocenters. The summed E-state index contributed by atoms with van der Waals surface area (Å²) in [6, 6.07) is 106. The number of anilines is 6. The number of pyridine rings is 2. The summed E-state index contributed by atoms with van der Waals surface area (Å²) < 4.78 is 9.94. The van der Waals surface area contributed by atoms with Gasteiger partial charge in [0, 0.05) is 101 Å². The Morgan fingerprint density at radius 3 is 0.926 bits per heavy atom. The van der Waals surface area contributed by atoms with Crippen molar-refractivity contribution in [3.05, 3.63) is 326 Å².